The maximum Gasteiger partial charge on any atom is 0.411 e. The van der Waals surface area contributed by atoms with Gasteiger partial charge < -0.3 is 10.5 Å². The molecule has 1 rings (SSSR count). The predicted molar refractivity (Wildman–Crippen MR) is 34.8 cm³/mol. The summed E-state index contributed by atoms with van der Waals surface area (Å²) in [6.07, 6.45) is 0.513. The molecule has 58 valence electrons. The summed E-state index contributed by atoms with van der Waals surface area (Å²) in [6.45, 7) is 1.68. The molecule has 0 aromatic carbocycles. The van der Waals surface area contributed by atoms with E-state index in [1.165, 1.54) is 6.20 Å². The molecule has 0 aliphatic carbocycles. The molecule has 0 saturated heterocycles. The molecule has 1 aromatic rings. The number of nitrogens with two attached hydrogens (primary N) is 1. The van der Waals surface area contributed by atoms with E-state index < -0.39 is 6.09 Å². The first-order valence-electron chi connectivity index (χ1n) is 2.82. The summed E-state index contributed by atoms with van der Waals surface area (Å²) in [7, 11) is 0. The molecule has 6 nitrogen and oxygen atoms in total. The average molecular weight is 154 g/mol. The van der Waals surface area contributed by atoms with Gasteiger partial charge in [0.15, 0.2) is 0 Å². The third-order valence-corrected chi connectivity index (χ3v) is 0.973. The van der Waals surface area contributed by atoms with E-state index in [-0.39, 0.29) is 5.88 Å². The van der Waals surface area contributed by atoms with E-state index in [0.29, 0.717) is 5.56 Å². The Bertz CT molecular complexity index is 275. The summed E-state index contributed by atoms with van der Waals surface area (Å²) in [5.41, 5.74) is 5.35. The van der Waals surface area contributed by atoms with Gasteiger partial charge in [0.1, 0.15) is 0 Å². The highest BCUT2D eigenvalue weighted by Gasteiger charge is 2.03. The van der Waals surface area contributed by atoms with E-state index in [0.717, 1.165) is 0 Å². The monoisotopic (exact) mass is 154 g/mol. The maximum atomic E-state index is 10.2. The van der Waals surface area contributed by atoms with Gasteiger partial charge in [-0.3, -0.25) is 0 Å². The van der Waals surface area contributed by atoms with Crippen LogP contribution in [0.2, 0.25) is 0 Å². The van der Waals surface area contributed by atoms with Crippen LogP contribution in [0.15, 0.2) is 6.20 Å². The standard InChI is InChI=1S/C5H6N4O2/c1-3-2-7-9-8-4(3)11-5(6)10/h2H,1H3,(H2,6,10). The Balaban J connectivity index is 2.86. The molecule has 2 N–H and O–H groups in total. The van der Waals surface area contributed by atoms with Crippen LogP contribution in [0.3, 0.4) is 0 Å². The number of carbonyl (C=O) groups excluding carboxylic acids is 1. The molecule has 11 heavy (non-hydrogen) atoms. The summed E-state index contributed by atoms with van der Waals surface area (Å²) in [6, 6.07) is 0. The number of ether oxygens (including phenoxy) is 1. The summed E-state index contributed by atoms with van der Waals surface area (Å²) >= 11 is 0. The quantitative estimate of drug-likeness (QED) is 0.596. The second-order valence-electron chi connectivity index (χ2n) is 1.84. The molecule has 1 heterocycles. The van der Waals surface area contributed by atoms with Crippen LogP contribution < -0.4 is 10.5 Å². The van der Waals surface area contributed by atoms with E-state index >= 15 is 0 Å². The van der Waals surface area contributed by atoms with E-state index in [9.17, 15) is 4.79 Å². The lowest BCUT2D eigenvalue weighted by atomic mass is 10.4. The normalized spacial score (nSPS) is 9.18. The van der Waals surface area contributed by atoms with Crippen molar-refractivity contribution in [3.63, 3.8) is 0 Å². The van der Waals surface area contributed by atoms with Gasteiger partial charge in [-0.2, -0.15) is 0 Å². The lowest BCUT2D eigenvalue weighted by molar-refractivity contribution is 0.208. The van der Waals surface area contributed by atoms with Crippen molar-refractivity contribution in [2.45, 2.75) is 6.92 Å². The lowest BCUT2D eigenvalue weighted by Gasteiger charge is -1.98. The minimum atomic E-state index is -0.909. The Morgan fingerprint density at radius 3 is 3.00 bits per heavy atom. The fraction of sp³-hybridized carbons (Fsp3) is 0.200. The fourth-order valence-electron chi connectivity index (χ4n) is 0.509. The minimum absolute atomic E-state index is 0.0903. The molecule has 6 heteroatoms. The third-order valence-electron chi connectivity index (χ3n) is 0.973. The topological polar surface area (TPSA) is 91.0 Å². The molecular formula is C5H6N4O2. The molecular weight excluding hydrogens is 148 g/mol. The summed E-state index contributed by atoms with van der Waals surface area (Å²) in [5, 5.41) is 10.2. The summed E-state index contributed by atoms with van der Waals surface area (Å²) in [4.78, 5) is 10.2. The highest BCUT2D eigenvalue weighted by atomic mass is 16.6. The van der Waals surface area contributed by atoms with Crippen molar-refractivity contribution in [1.82, 2.24) is 15.4 Å². The Morgan fingerprint density at radius 1 is 1.73 bits per heavy atom. The number of amides is 1. The molecule has 0 spiro atoms. The van der Waals surface area contributed by atoms with E-state index in [4.69, 9.17) is 5.73 Å². The number of carbonyl (C=O) groups is 1. The smallest absolute Gasteiger partial charge is 0.389 e. The van der Waals surface area contributed by atoms with Crippen molar-refractivity contribution in [2.24, 2.45) is 5.73 Å². The average Bonchev–Trinajstić information content (AvgIpc) is 1.93. The van der Waals surface area contributed by atoms with Gasteiger partial charge in [0.2, 0.25) is 5.88 Å². The molecule has 0 radical (unpaired) electrons. The zero-order chi connectivity index (χ0) is 8.27. The van der Waals surface area contributed by atoms with Gasteiger partial charge in [-0.25, -0.2) is 4.79 Å². The Morgan fingerprint density at radius 2 is 2.45 bits per heavy atom. The second-order valence-corrected chi connectivity index (χ2v) is 1.84. The molecule has 0 atom stereocenters. The first-order valence-corrected chi connectivity index (χ1v) is 2.82. The third kappa shape index (κ3) is 1.85. The number of aromatic nitrogens is 3. The number of nitrogens with zero attached hydrogens (tertiary/aromatic N) is 3. The predicted octanol–water partition coefficient (Wildman–Crippen LogP) is -0.362. The van der Waals surface area contributed by atoms with Crippen LogP contribution in [-0.2, 0) is 0 Å². The van der Waals surface area contributed by atoms with E-state index in [1.807, 2.05) is 0 Å². The van der Waals surface area contributed by atoms with Crippen molar-refractivity contribution >= 4 is 6.09 Å². The van der Waals surface area contributed by atoms with Crippen LogP contribution in [0.4, 0.5) is 4.79 Å². The Labute approximate surface area is 62.4 Å². The molecule has 0 bridgehead atoms. The zero-order valence-corrected chi connectivity index (χ0v) is 5.81. The van der Waals surface area contributed by atoms with Crippen LogP contribution in [0.1, 0.15) is 5.56 Å². The van der Waals surface area contributed by atoms with Crippen molar-refractivity contribution in [3.8, 4) is 5.88 Å². The maximum absolute atomic E-state index is 10.2. The molecule has 0 fully saturated rings. The van der Waals surface area contributed by atoms with Crippen LogP contribution in [-0.4, -0.2) is 21.5 Å². The van der Waals surface area contributed by atoms with Crippen LogP contribution in [0.25, 0.3) is 0 Å². The number of rotatable bonds is 1. The first kappa shape index (κ1) is 7.39. The lowest BCUT2D eigenvalue weighted by Crippen LogP contribution is -2.18. The molecule has 0 saturated carbocycles. The first-order chi connectivity index (χ1) is 5.20. The second kappa shape index (κ2) is 2.91. The SMILES string of the molecule is Cc1cnnnc1OC(N)=O. The van der Waals surface area contributed by atoms with Gasteiger partial charge in [-0.1, -0.05) is 5.10 Å². The molecule has 0 aliphatic heterocycles. The molecule has 1 aromatic heterocycles. The molecule has 1 amide bonds. The van der Waals surface area contributed by atoms with Gasteiger partial charge in [0, 0.05) is 5.56 Å². The van der Waals surface area contributed by atoms with Gasteiger partial charge in [0.05, 0.1) is 6.20 Å². The van der Waals surface area contributed by atoms with Crippen LogP contribution in [0, 0.1) is 6.92 Å². The molecule has 0 aliphatic rings. The molecule has 0 unspecified atom stereocenters. The van der Waals surface area contributed by atoms with Crippen molar-refractivity contribution in [1.29, 1.82) is 0 Å². The minimum Gasteiger partial charge on any atom is -0.389 e. The Hall–Kier alpha value is -1.72. The van der Waals surface area contributed by atoms with Crippen LogP contribution >= 0.6 is 0 Å². The van der Waals surface area contributed by atoms with Crippen molar-refractivity contribution in [2.75, 3.05) is 0 Å². The number of primary amides is 1. The fourth-order valence-corrected chi connectivity index (χ4v) is 0.509. The van der Waals surface area contributed by atoms with Gasteiger partial charge in [-0.15, -0.1) is 5.10 Å². The Kier molecular flexibility index (Phi) is 1.95. The van der Waals surface area contributed by atoms with E-state index in [1.54, 1.807) is 6.92 Å². The highest BCUT2D eigenvalue weighted by Crippen LogP contribution is 2.08. The van der Waals surface area contributed by atoms with Gasteiger partial charge in [-0.05, 0) is 12.1 Å². The largest absolute Gasteiger partial charge is 0.411 e. The number of aryl methyl sites for hydroxylation is 1. The summed E-state index contributed by atoms with van der Waals surface area (Å²) in [5.74, 6) is 0.0903. The van der Waals surface area contributed by atoms with Crippen molar-refractivity contribution in [3.05, 3.63) is 11.8 Å². The zero-order valence-electron chi connectivity index (χ0n) is 5.81. The van der Waals surface area contributed by atoms with E-state index in [2.05, 4.69) is 20.1 Å². The van der Waals surface area contributed by atoms with Crippen molar-refractivity contribution < 1.29 is 9.53 Å². The highest BCUT2D eigenvalue weighted by molar-refractivity contribution is 5.67. The number of hydrogen-bond donors (Lipinski definition) is 1. The summed E-state index contributed by atoms with van der Waals surface area (Å²) < 4.78 is 4.47. The van der Waals surface area contributed by atoms with Gasteiger partial charge in [0.25, 0.3) is 0 Å². The number of hydrogen-bond acceptors (Lipinski definition) is 5. The van der Waals surface area contributed by atoms with Gasteiger partial charge >= 0.3 is 6.09 Å². The van der Waals surface area contributed by atoms with Crippen LogP contribution in [0.5, 0.6) is 5.88 Å².